The number of rotatable bonds is 1. The molecule has 16 heavy (non-hydrogen) atoms. The van der Waals surface area contributed by atoms with Gasteiger partial charge in [0.25, 0.3) is 0 Å². The van der Waals surface area contributed by atoms with Gasteiger partial charge >= 0.3 is 0 Å². The van der Waals surface area contributed by atoms with E-state index in [9.17, 15) is 0 Å². The summed E-state index contributed by atoms with van der Waals surface area (Å²) in [6, 6.07) is 3.68. The maximum Gasteiger partial charge on any atom is 0.116 e. The molecule has 0 bridgehead atoms. The summed E-state index contributed by atoms with van der Waals surface area (Å²) >= 11 is 17.4. The zero-order valence-corrected chi connectivity index (χ0v) is 11.6. The van der Waals surface area contributed by atoms with Crippen LogP contribution in [0.1, 0.15) is 0 Å². The van der Waals surface area contributed by atoms with E-state index >= 15 is 0 Å². The first-order chi connectivity index (χ1) is 7.61. The van der Waals surface area contributed by atoms with Crippen molar-refractivity contribution in [3.8, 4) is 11.3 Å². The number of nitrogens with zero attached hydrogens (tertiary/aromatic N) is 2. The SMILES string of the molecule is Sc1cc(-c2ccncn2)c(S)c(S)c1S. The Morgan fingerprint density at radius 2 is 1.69 bits per heavy atom. The number of hydrogen-bond donors (Lipinski definition) is 4. The molecular formula is C10H8N2S4. The molecule has 1 aromatic heterocycles. The number of thiol groups is 4. The van der Waals surface area contributed by atoms with E-state index < -0.39 is 0 Å². The molecule has 2 aromatic rings. The van der Waals surface area contributed by atoms with Gasteiger partial charge in [-0.2, -0.15) is 0 Å². The predicted molar refractivity (Wildman–Crippen MR) is 76.5 cm³/mol. The largest absolute Gasteiger partial charge is 0.245 e. The minimum atomic E-state index is 0.702. The van der Waals surface area contributed by atoms with Crippen molar-refractivity contribution in [2.24, 2.45) is 0 Å². The van der Waals surface area contributed by atoms with Crippen molar-refractivity contribution in [2.75, 3.05) is 0 Å². The van der Waals surface area contributed by atoms with Crippen molar-refractivity contribution in [1.29, 1.82) is 0 Å². The standard InChI is InChI=1S/C10H8N2S4/c13-7-3-5(6-1-2-11-4-12-6)8(14)10(16)9(7)15/h1-4,13-16H. The van der Waals surface area contributed by atoms with Gasteiger partial charge in [0, 0.05) is 31.3 Å². The van der Waals surface area contributed by atoms with E-state index in [1.807, 2.05) is 12.1 Å². The van der Waals surface area contributed by atoms with Crippen molar-refractivity contribution in [3.63, 3.8) is 0 Å². The first-order valence-corrected chi connectivity index (χ1v) is 6.13. The maximum absolute atomic E-state index is 4.42. The lowest BCUT2D eigenvalue weighted by atomic mass is 10.1. The Labute approximate surface area is 116 Å². The van der Waals surface area contributed by atoms with Crippen LogP contribution in [0.5, 0.6) is 0 Å². The molecule has 1 heterocycles. The molecule has 0 saturated heterocycles. The van der Waals surface area contributed by atoms with E-state index in [2.05, 4.69) is 60.5 Å². The summed E-state index contributed by atoms with van der Waals surface area (Å²) in [5, 5.41) is 0. The minimum absolute atomic E-state index is 0.702. The summed E-state index contributed by atoms with van der Waals surface area (Å²) < 4.78 is 0. The van der Waals surface area contributed by atoms with Gasteiger partial charge in [0.1, 0.15) is 6.33 Å². The highest BCUT2D eigenvalue weighted by Gasteiger charge is 2.11. The maximum atomic E-state index is 4.42. The second-order valence-corrected chi connectivity index (χ2v) is 4.91. The minimum Gasteiger partial charge on any atom is -0.245 e. The summed E-state index contributed by atoms with van der Waals surface area (Å²) in [5.41, 5.74) is 1.66. The van der Waals surface area contributed by atoms with E-state index in [-0.39, 0.29) is 0 Å². The molecule has 0 fully saturated rings. The molecular weight excluding hydrogens is 276 g/mol. The van der Waals surface area contributed by atoms with Crippen molar-refractivity contribution in [1.82, 2.24) is 9.97 Å². The van der Waals surface area contributed by atoms with Gasteiger partial charge in [-0.3, -0.25) is 0 Å². The Bertz CT molecular complexity index is 528. The lowest BCUT2D eigenvalue weighted by Crippen LogP contribution is -1.89. The lowest BCUT2D eigenvalue weighted by Gasteiger charge is -2.10. The molecule has 0 atom stereocenters. The second kappa shape index (κ2) is 4.91. The fourth-order valence-corrected chi connectivity index (χ4v) is 2.41. The first-order valence-electron chi connectivity index (χ1n) is 4.34. The normalized spacial score (nSPS) is 10.5. The second-order valence-electron chi connectivity index (χ2n) is 3.08. The Balaban J connectivity index is 2.68. The highest BCUT2D eigenvalue weighted by molar-refractivity contribution is 7.86. The Kier molecular flexibility index (Phi) is 3.73. The molecule has 0 aliphatic carbocycles. The van der Waals surface area contributed by atoms with Gasteiger partial charge < -0.3 is 0 Å². The smallest absolute Gasteiger partial charge is 0.116 e. The molecule has 0 aliphatic rings. The van der Waals surface area contributed by atoms with Crippen LogP contribution >= 0.6 is 50.5 Å². The van der Waals surface area contributed by atoms with E-state index in [0.29, 0.717) is 4.90 Å². The first kappa shape index (κ1) is 12.2. The molecule has 1 aromatic carbocycles. The van der Waals surface area contributed by atoms with Gasteiger partial charge in [-0.1, -0.05) is 0 Å². The van der Waals surface area contributed by atoms with Crippen LogP contribution in [-0.4, -0.2) is 9.97 Å². The third-order valence-corrected chi connectivity index (χ3v) is 4.34. The monoisotopic (exact) mass is 284 g/mol. The number of hydrogen-bond acceptors (Lipinski definition) is 6. The van der Waals surface area contributed by atoms with Gasteiger partial charge in [0.2, 0.25) is 0 Å². The molecule has 0 saturated carbocycles. The highest BCUT2D eigenvalue weighted by atomic mass is 32.1. The molecule has 0 aliphatic heterocycles. The van der Waals surface area contributed by atoms with E-state index in [1.54, 1.807) is 6.20 Å². The Hall–Kier alpha value is -0.300. The van der Waals surface area contributed by atoms with Crippen LogP contribution in [0.2, 0.25) is 0 Å². The zero-order chi connectivity index (χ0) is 11.7. The van der Waals surface area contributed by atoms with Crippen molar-refractivity contribution < 1.29 is 0 Å². The van der Waals surface area contributed by atoms with Crippen molar-refractivity contribution >= 4 is 50.5 Å². The number of aromatic nitrogens is 2. The molecule has 82 valence electrons. The fourth-order valence-electron chi connectivity index (χ4n) is 1.28. The predicted octanol–water partition coefficient (Wildman–Crippen LogP) is 3.30. The van der Waals surface area contributed by atoms with Gasteiger partial charge in [-0.05, 0) is 12.1 Å². The molecule has 0 unspecified atom stereocenters. The van der Waals surface area contributed by atoms with Crippen LogP contribution in [0, 0.1) is 0 Å². The Morgan fingerprint density at radius 3 is 2.31 bits per heavy atom. The van der Waals surface area contributed by atoms with Crippen LogP contribution in [0.15, 0.2) is 44.2 Å². The van der Waals surface area contributed by atoms with Crippen LogP contribution in [0.25, 0.3) is 11.3 Å². The van der Waals surface area contributed by atoms with E-state index in [0.717, 1.165) is 25.9 Å². The van der Waals surface area contributed by atoms with E-state index in [1.165, 1.54) is 6.33 Å². The fraction of sp³-hybridized carbons (Fsp3) is 0. The average molecular weight is 284 g/mol. The zero-order valence-electron chi connectivity index (χ0n) is 7.99. The van der Waals surface area contributed by atoms with Gasteiger partial charge in [-0.25, -0.2) is 9.97 Å². The van der Waals surface area contributed by atoms with Gasteiger partial charge in [-0.15, -0.1) is 50.5 Å². The average Bonchev–Trinajstić information content (AvgIpc) is 2.32. The lowest BCUT2D eigenvalue weighted by molar-refractivity contribution is 1.04. The van der Waals surface area contributed by atoms with Crippen molar-refractivity contribution in [2.45, 2.75) is 19.6 Å². The number of benzene rings is 1. The van der Waals surface area contributed by atoms with Crippen LogP contribution < -0.4 is 0 Å². The summed E-state index contributed by atoms with van der Waals surface area (Å²) in [7, 11) is 0. The van der Waals surface area contributed by atoms with Crippen LogP contribution in [-0.2, 0) is 0 Å². The van der Waals surface area contributed by atoms with Crippen LogP contribution in [0.4, 0.5) is 0 Å². The van der Waals surface area contributed by atoms with Crippen LogP contribution in [0.3, 0.4) is 0 Å². The molecule has 6 heteroatoms. The third-order valence-electron chi connectivity index (χ3n) is 2.09. The summed E-state index contributed by atoms with van der Waals surface area (Å²) in [5.74, 6) is 0. The molecule has 0 amide bonds. The molecule has 0 radical (unpaired) electrons. The highest BCUT2D eigenvalue weighted by Crippen LogP contribution is 2.37. The topological polar surface area (TPSA) is 25.8 Å². The molecule has 0 spiro atoms. The van der Waals surface area contributed by atoms with Crippen molar-refractivity contribution in [3.05, 3.63) is 24.7 Å². The summed E-state index contributed by atoms with van der Waals surface area (Å²) in [4.78, 5) is 11.0. The van der Waals surface area contributed by atoms with Gasteiger partial charge in [0.15, 0.2) is 0 Å². The summed E-state index contributed by atoms with van der Waals surface area (Å²) in [6.07, 6.45) is 3.17. The molecule has 2 rings (SSSR count). The summed E-state index contributed by atoms with van der Waals surface area (Å²) in [6.45, 7) is 0. The molecule has 0 N–H and O–H groups in total. The molecule has 2 nitrogen and oxygen atoms in total. The Morgan fingerprint density at radius 1 is 0.938 bits per heavy atom. The van der Waals surface area contributed by atoms with Gasteiger partial charge in [0.05, 0.1) is 5.69 Å². The van der Waals surface area contributed by atoms with E-state index in [4.69, 9.17) is 0 Å². The quantitative estimate of drug-likeness (QED) is 0.605. The third kappa shape index (κ3) is 2.20.